The predicted octanol–water partition coefficient (Wildman–Crippen LogP) is 1.45. The molecule has 1 aromatic carbocycles. The molecule has 0 heterocycles. The van der Waals surface area contributed by atoms with Gasteiger partial charge in [0.05, 0.1) is 11.1 Å². The second-order valence-corrected chi connectivity index (χ2v) is 3.98. The molecule has 1 rings (SSSR count). The zero-order chi connectivity index (χ0) is 16.2. The SMILES string of the molecule is C[C@H](OC(=O)c1ccc(C(F)(F)F)cc1)C(=O)NC(N)=O. The van der Waals surface area contributed by atoms with Crippen molar-refractivity contribution in [3.63, 3.8) is 0 Å². The third-order valence-electron chi connectivity index (χ3n) is 2.35. The molecule has 114 valence electrons. The van der Waals surface area contributed by atoms with Crippen molar-refractivity contribution in [3.8, 4) is 0 Å². The van der Waals surface area contributed by atoms with Crippen LogP contribution in [0.2, 0.25) is 0 Å². The molecule has 21 heavy (non-hydrogen) atoms. The number of carbonyl (C=O) groups excluding carboxylic acids is 3. The molecule has 0 aliphatic carbocycles. The van der Waals surface area contributed by atoms with Gasteiger partial charge in [0.25, 0.3) is 5.91 Å². The summed E-state index contributed by atoms with van der Waals surface area (Å²) in [7, 11) is 0. The average Bonchev–Trinajstić information content (AvgIpc) is 2.36. The standard InChI is InChI=1S/C12H11F3N2O4/c1-6(9(18)17-11(16)20)21-10(19)7-2-4-8(5-3-7)12(13,14)15/h2-6H,1H3,(H3,16,17,18,20)/t6-/m0/s1. The number of benzene rings is 1. The number of nitrogens with two attached hydrogens (primary N) is 1. The lowest BCUT2D eigenvalue weighted by molar-refractivity contribution is -0.137. The summed E-state index contributed by atoms with van der Waals surface area (Å²) in [6.45, 7) is 1.18. The van der Waals surface area contributed by atoms with E-state index >= 15 is 0 Å². The highest BCUT2D eigenvalue weighted by molar-refractivity contribution is 5.98. The summed E-state index contributed by atoms with van der Waals surface area (Å²) < 4.78 is 41.7. The molecule has 0 fully saturated rings. The van der Waals surface area contributed by atoms with Crippen molar-refractivity contribution in [1.82, 2.24) is 5.32 Å². The zero-order valence-corrected chi connectivity index (χ0v) is 10.7. The molecular weight excluding hydrogens is 293 g/mol. The zero-order valence-electron chi connectivity index (χ0n) is 10.7. The molecule has 1 aromatic rings. The van der Waals surface area contributed by atoms with Gasteiger partial charge in [0.2, 0.25) is 0 Å². The Labute approximate surface area is 117 Å². The number of halogens is 3. The quantitative estimate of drug-likeness (QED) is 0.826. The first-order valence-corrected chi connectivity index (χ1v) is 5.60. The molecule has 0 aromatic heterocycles. The van der Waals surface area contributed by atoms with Gasteiger partial charge in [-0.1, -0.05) is 0 Å². The maximum Gasteiger partial charge on any atom is 0.416 e. The molecule has 9 heteroatoms. The number of rotatable bonds is 3. The molecule has 0 unspecified atom stereocenters. The van der Waals surface area contributed by atoms with Crippen LogP contribution >= 0.6 is 0 Å². The fourth-order valence-electron chi connectivity index (χ4n) is 1.30. The van der Waals surface area contributed by atoms with Crippen LogP contribution in [0.3, 0.4) is 0 Å². The third-order valence-corrected chi connectivity index (χ3v) is 2.35. The summed E-state index contributed by atoms with van der Waals surface area (Å²) in [5.74, 6) is -1.95. The van der Waals surface area contributed by atoms with Crippen LogP contribution < -0.4 is 11.1 Å². The van der Waals surface area contributed by atoms with E-state index in [4.69, 9.17) is 5.73 Å². The highest BCUT2D eigenvalue weighted by Crippen LogP contribution is 2.29. The maximum absolute atomic E-state index is 12.3. The van der Waals surface area contributed by atoms with Crippen LogP contribution in [0, 0.1) is 0 Å². The van der Waals surface area contributed by atoms with Gasteiger partial charge in [-0.05, 0) is 31.2 Å². The Morgan fingerprint density at radius 1 is 1.19 bits per heavy atom. The first-order valence-electron chi connectivity index (χ1n) is 5.60. The smallest absolute Gasteiger partial charge is 0.416 e. The molecule has 0 spiro atoms. The minimum atomic E-state index is -4.52. The Morgan fingerprint density at radius 2 is 1.71 bits per heavy atom. The fourth-order valence-corrected chi connectivity index (χ4v) is 1.30. The first-order chi connectivity index (χ1) is 9.61. The van der Waals surface area contributed by atoms with Crippen LogP contribution in [0.4, 0.5) is 18.0 Å². The number of amides is 3. The van der Waals surface area contributed by atoms with Gasteiger partial charge in [0, 0.05) is 0 Å². The first kappa shape index (κ1) is 16.5. The Balaban J connectivity index is 2.72. The number of hydrogen-bond acceptors (Lipinski definition) is 4. The molecule has 0 aliphatic rings. The van der Waals surface area contributed by atoms with Crippen LogP contribution in [0.25, 0.3) is 0 Å². The Hall–Kier alpha value is -2.58. The number of nitrogens with one attached hydrogen (secondary N) is 1. The van der Waals surface area contributed by atoms with E-state index in [-0.39, 0.29) is 5.56 Å². The lowest BCUT2D eigenvalue weighted by Gasteiger charge is -2.12. The molecular formula is C12H11F3N2O4. The molecule has 6 nitrogen and oxygen atoms in total. The van der Waals surface area contributed by atoms with Gasteiger partial charge in [-0.3, -0.25) is 10.1 Å². The molecule has 0 saturated heterocycles. The Morgan fingerprint density at radius 3 is 2.14 bits per heavy atom. The van der Waals surface area contributed by atoms with Crippen molar-refractivity contribution in [2.45, 2.75) is 19.2 Å². The summed E-state index contributed by atoms with van der Waals surface area (Å²) in [4.78, 5) is 33.3. The average molecular weight is 304 g/mol. The topological polar surface area (TPSA) is 98.5 Å². The van der Waals surface area contributed by atoms with Gasteiger partial charge in [-0.2, -0.15) is 13.2 Å². The maximum atomic E-state index is 12.3. The van der Waals surface area contributed by atoms with Crippen molar-refractivity contribution in [2.24, 2.45) is 5.73 Å². The molecule has 3 amide bonds. The van der Waals surface area contributed by atoms with Crippen LogP contribution in [0.1, 0.15) is 22.8 Å². The largest absolute Gasteiger partial charge is 0.449 e. The van der Waals surface area contributed by atoms with Gasteiger partial charge in [-0.15, -0.1) is 0 Å². The van der Waals surface area contributed by atoms with Gasteiger partial charge < -0.3 is 10.5 Å². The minimum absolute atomic E-state index is 0.165. The van der Waals surface area contributed by atoms with Crippen LogP contribution in [-0.2, 0) is 15.7 Å². The van der Waals surface area contributed by atoms with Crippen molar-refractivity contribution in [2.75, 3.05) is 0 Å². The number of primary amides is 1. The monoisotopic (exact) mass is 304 g/mol. The number of esters is 1. The predicted molar refractivity (Wildman–Crippen MR) is 64.0 cm³/mol. The molecule has 0 bridgehead atoms. The van der Waals surface area contributed by atoms with Crippen molar-refractivity contribution in [1.29, 1.82) is 0 Å². The molecule has 3 N–H and O–H groups in total. The van der Waals surface area contributed by atoms with E-state index in [2.05, 4.69) is 4.74 Å². The number of alkyl halides is 3. The van der Waals surface area contributed by atoms with Crippen LogP contribution in [-0.4, -0.2) is 24.0 Å². The number of urea groups is 1. The Kier molecular flexibility index (Phi) is 4.90. The molecule has 0 aliphatic heterocycles. The van der Waals surface area contributed by atoms with E-state index < -0.39 is 35.8 Å². The van der Waals surface area contributed by atoms with E-state index in [0.717, 1.165) is 12.1 Å². The van der Waals surface area contributed by atoms with E-state index in [1.54, 1.807) is 5.32 Å². The van der Waals surface area contributed by atoms with Gasteiger partial charge in [0.1, 0.15) is 0 Å². The summed E-state index contributed by atoms with van der Waals surface area (Å²) in [5, 5.41) is 1.70. The fraction of sp³-hybridized carbons (Fsp3) is 0.250. The second-order valence-electron chi connectivity index (χ2n) is 3.98. The molecule has 0 saturated carbocycles. The normalized spacial score (nSPS) is 12.4. The third kappa shape index (κ3) is 4.79. The Bertz CT molecular complexity index is 555. The summed E-state index contributed by atoms with van der Waals surface area (Å²) in [5.41, 5.74) is 3.63. The van der Waals surface area contributed by atoms with Crippen molar-refractivity contribution < 1.29 is 32.3 Å². The number of imide groups is 1. The highest BCUT2D eigenvalue weighted by Gasteiger charge is 2.30. The number of carbonyl (C=O) groups is 3. The number of hydrogen-bond donors (Lipinski definition) is 2. The van der Waals surface area contributed by atoms with Gasteiger partial charge in [-0.25, -0.2) is 9.59 Å². The molecule has 0 radical (unpaired) electrons. The number of ether oxygens (including phenoxy) is 1. The summed E-state index contributed by atoms with van der Waals surface area (Å²) in [6.07, 6.45) is -5.84. The van der Waals surface area contributed by atoms with E-state index in [9.17, 15) is 27.6 Å². The van der Waals surface area contributed by atoms with E-state index in [1.165, 1.54) is 6.92 Å². The summed E-state index contributed by atoms with van der Waals surface area (Å²) >= 11 is 0. The van der Waals surface area contributed by atoms with Crippen molar-refractivity contribution in [3.05, 3.63) is 35.4 Å². The lowest BCUT2D eigenvalue weighted by atomic mass is 10.1. The second kappa shape index (κ2) is 6.25. The highest BCUT2D eigenvalue weighted by atomic mass is 19.4. The van der Waals surface area contributed by atoms with Crippen molar-refractivity contribution >= 4 is 17.9 Å². The van der Waals surface area contributed by atoms with Gasteiger partial charge in [0.15, 0.2) is 6.10 Å². The van der Waals surface area contributed by atoms with E-state index in [1.807, 2.05) is 0 Å². The van der Waals surface area contributed by atoms with E-state index in [0.29, 0.717) is 12.1 Å². The lowest BCUT2D eigenvalue weighted by Crippen LogP contribution is -2.42. The minimum Gasteiger partial charge on any atom is -0.449 e. The summed E-state index contributed by atoms with van der Waals surface area (Å²) in [6, 6.07) is 2.15. The molecule has 1 atom stereocenters. The van der Waals surface area contributed by atoms with Crippen LogP contribution in [0.15, 0.2) is 24.3 Å². The van der Waals surface area contributed by atoms with Gasteiger partial charge >= 0.3 is 18.2 Å². The van der Waals surface area contributed by atoms with Crippen LogP contribution in [0.5, 0.6) is 0 Å².